The molecule has 1 saturated carbocycles. The predicted octanol–water partition coefficient (Wildman–Crippen LogP) is 2.11. The third-order valence-electron chi connectivity index (χ3n) is 3.65. The van der Waals surface area contributed by atoms with Gasteiger partial charge in [0.15, 0.2) is 0 Å². The van der Waals surface area contributed by atoms with Crippen molar-refractivity contribution < 1.29 is 9.59 Å². The maximum atomic E-state index is 12.6. The summed E-state index contributed by atoms with van der Waals surface area (Å²) in [4.78, 5) is 25.7. The van der Waals surface area contributed by atoms with Crippen LogP contribution in [0.1, 0.15) is 46.5 Å². The van der Waals surface area contributed by atoms with Crippen LogP contribution < -0.4 is 5.32 Å². The van der Waals surface area contributed by atoms with Gasteiger partial charge < -0.3 is 10.2 Å². The molecule has 1 aliphatic carbocycles. The highest BCUT2D eigenvalue weighted by Crippen LogP contribution is 2.28. The van der Waals surface area contributed by atoms with Gasteiger partial charge in [-0.3, -0.25) is 9.59 Å². The first-order valence-electron chi connectivity index (χ1n) is 7.16. The molecule has 4 nitrogen and oxygen atoms in total. The van der Waals surface area contributed by atoms with E-state index in [1.807, 2.05) is 13.8 Å². The first-order valence-corrected chi connectivity index (χ1v) is 7.16. The largest absolute Gasteiger partial charge is 0.344 e. The molecule has 0 radical (unpaired) electrons. The Balaban J connectivity index is 2.78. The average Bonchev–Trinajstić information content (AvgIpc) is 2.85. The number of likely N-dealkylation sites (N-methyl/N-ethyl adjacent to an activating group) is 1. The van der Waals surface area contributed by atoms with Crippen molar-refractivity contribution in [1.82, 2.24) is 10.2 Å². The number of nitrogens with zero attached hydrogens (tertiary/aromatic N) is 1. The Morgan fingerprint density at radius 3 is 2.32 bits per heavy atom. The van der Waals surface area contributed by atoms with E-state index in [1.54, 1.807) is 4.90 Å². The first kappa shape index (κ1) is 15.7. The highest BCUT2D eigenvalue weighted by Gasteiger charge is 2.33. The third kappa shape index (κ3) is 4.69. The molecule has 1 aliphatic rings. The lowest BCUT2D eigenvalue weighted by atomic mass is 9.96. The van der Waals surface area contributed by atoms with E-state index in [9.17, 15) is 9.59 Å². The van der Waals surface area contributed by atoms with Crippen molar-refractivity contribution in [2.45, 2.75) is 52.5 Å². The summed E-state index contributed by atoms with van der Waals surface area (Å²) in [5, 5.41) is 2.85. The summed E-state index contributed by atoms with van der Waals surface area (Å²) >= 11 is 0. The van der Waals surface area contributed by atoms with Crippen LogP contribution in [-0.2, 0) is 9.59 Å². The molecule has 19 heavy (non-hydrogen) atoms. The van der Waals surface area contributed by atoms with Crippen LogP contribution in [0.4, 0.5) is 0 Å². The van der Waals surface area contributed by atoms with Crippen molar-refractivity contribution in [3.8, 4) is 0 Å². The maximum absolute atomic E-state index is 12.6. The summed E-state index contributed by atoms with van der Waals surface area (Å²) < 4.78 is 0. The van der Waals surface area contributed by atoms with Gasteiger partial charge in [0.25, 0.3) is 0 Å². The highest BCUT2D eigenvalue weighted by molar-refractivity contribution is 5.87. The molecule has 1 atom stereocenters. The van der Waals surface area contributed by atoms with Crippen molar-refractivity contribution in [1.29, 1.82) is 0 Å². The summed E-state index contributed by atoms with van der Waals surface area (Å²) in [6.45, 7) is 10.4. The molecular formula is C15H26N2O2. The molecule has 1 unspecified atom stereocenters. The predicted molar refractivity (Wildman–Crippen MR) is 76.6 cm³/mol. The molecule has 0 aromatic heterocycles. The Hall–Kier alpha value is -1.32. The van der Waals surface area contributed by atoms with E-state index in [2.05, 4.69) is 11.9 Å². The lowest BCUT2D eigenvalue weighted by Crippen LogP contribution is -2.51. The second-order valence-corrected chi connectivity index (χ2v) is 5.53. The van der Waals surface area contributed by atoms with Gasteiger partial charge in [0.1, 0.15) is 6.04 Å². The van der Waals surface area contributed by atoms with Gasteiger partial charge in [-0.15, -0.1) is 0 Å². The number of nitrogens with one attached hydrogen (secondary N) is 1. The number of hydrogen-bond acceptors (Lipinski definition) is 2. The van der Waals surface area contributed by atoms with Gasteiger partial charge in [0.05, 0.1) is 0 Å². The fourth-order valence-electron chi connectivity index (χ4n) is 2.76. The van der Waals surface area contributed by atoms with Crippen LogP contribution in [0.2, 0.25) is 0 Å². The number of hydrogen-bond donors (Lipinski definition) is 1. The summed E-state index contributed by atoms with van der Waals surface area (Å²) in [6.07, 6.45) is 4.36. The molecule has 1 fully saturated rings. The summed E-state index contributed by atoms with van der Waals surface area (Å²) in [5.41, 5.74) is 0.961. The lowest BCUT2D eigenvalue weighted by Gasteiger charge is -2.30. The Kier molecular flexibility index (Phi) is 6.06. The van der Waals surface area contributed by atoms with Crippen LogP contribution >= 0.6 is 0 Å². The smallest absolute Gasteiger partial charge is 0.245 e. The second kappa shape index (κ2) is 7.31. The molecule has 0 aromatic carbocycles. The minimum absolute atomic E-state index is 0.0348. The van der Waals surface area contributed by atoms with E-state index in [-0.39, 0.29) is 23.8 Å². The van der Waals surface area contributed by atoms with E-state index < -0.39 is 0 Å². The standard InChI is InChI=1S/C15H26N2O2/c1-5-17(10-11(2)3)15(19)14(16-12(4)18)13-8-6-7-9-13/h13-14H,2,5-10H2,1,3-4H3,(H,16,18). The minimum atomic E-state index is -0.362. The minimum Gasteiger partial charge on any atom is -0.344 e. The summed E-state index contributed by atoms with van der Waals surface area (Å²) in [7, 11) is 0. The van der Waals surface area contributed by atoms with Crippen LogP contribution in [0, 0.1) is 5.92 Å². The van der Waals surface area contributed by atoms with E-state index in [1.165, 1.54) is 6.92 Å². The van der Waals surface area contributed by atoms with Crippen LogP contribution in [0.5, 0.6) is 0 Å². The third-order valence-corrected chi connectivity index (χ3v) is 3.65. The lowest BCUT2D eigenvalue weighted by molar-refractivity contribution is -0.137. The monoisotopic (exact) mass is 266 g/mol. The van der Waals surface area contributed by atoms with E-state index in [0.29, 0.717) is 13.1 Å². The van der Waals surface area contributed by atoms with Gasteiger partial charge >= 0.3 is 0 Å². The average molecular weight is 266 g/mol. The van der Waals surface area contributed by atoms with Gasteiger partial charge in [0, 0.05) is 20.0 Å². The fraction of sp³-hybridized carbons (Fsp3) is 0.733. The number of carbonyl (C=O) groups is 2. The van der Waals surface area contributed by atoms with Crippen molar-refractivity contribution in [2.75, 3.05) is 13.1 Å². The highest BCUT2D eigenvalue weighted by atomic mass is 16.2. The molecule has 108 valence electrons. The Morgan fingerprint density at radius 2 is 1.89 bits per heavy atom. The molecule has 1 rings (SSSR count). The quantitative estimate of drug-likeness (QED) is 0.749. The number of carbonyl (C=O) groups excluding carboxylic acids is 2. The van der Waals surface area contributed by atoms with E-state index in [0.717, 1.165) is 31.3 Å². The number of amides is 2. The molecule has 0 bridgehead atoms. The van der Waals surface area contributed by atoms with E-state index in [4.69, 9.17) is 0 Å². The fourth-order valence-corrected chi connectivity index (χ4v) is 2.76. The molecule has 0 aliphatic heterocycles. The Bertz CT molecular complexity index is 346. The molecular weight excluding hydrogens is 240 g/mol. The van der Waals surface area contributed by atoms with Crippen molar-refractivity contribution >= 4 is 11.8 Å². The van der Waals surface area contributed by atoms with Crippen LogP contribution in [0.3, 0.4) is 0 Å². The van der Waals surface area contributed by atoms with Gasteiger partial charge in [-0.25, -0.2) is 0 Å². The number of rotatable bonds is 6. The zero-order chi connectivity index (χ0) is 14.4. The van der Waals surface area contributed by atoms with Crippen molar-refractivity contribution in [2.24, 2.45) is 5.92 Å². The van der Waals surface area contributed by atoms with Gasteiger partial charge in [-0.2, -0.15) is 0 Å². The van der Waals surface area contributed by atoms with E-state index >= 15 is 0 Å². The maximum Gasteiger partial charge on any atom is 0.245 e. The van der Waals surface area contributed by atoms with Crippen LogP contribution in [0.25, 0.3) is 0 Å². The summed E-state index contributed by atoms with van der Waals surface area (Å²) in [5.74, 6) is 0.194. The molecule has 0 spiro atoms. The molecule has 4 heteroatoms. The van der Waals surface area contributed by atoms with Gasteiger partial charge in [0.2, 0.25) is 11.8 Å². The molecule has 1 N–H and O–H groups in total. The zero-order valence-electron chi connectivity index (χ0n) is 12.4. The topological polar surface area (TPSA) is 49.4 Å². The van der Waals surface area contributed by atoms with Crippen molar-refractivity contribution in [3.63, 3.8) is 0 Å². The van der Waals surface area contributed by atoms with Crippen LogP contribution in [-0.4, -0.2) is 35.8 Å². The van der Waals surface area contributed by atoms with Crippen molar-refractivity contribution in [3.05, 3.63) is 12.2 Å². The normalized spacial score (nSPS) is 17.0. The Morgan fingerprint density at radius 1 is 1.32 bits per heavy atom. The van der Waals surface area contributed by atoms with Gasteiger partial charge in [-0.1, -0.05) is 25.0 Å². The second-order valence-electron chi connectivity index (χ2n) is 5.53. The molecule has 0 saturated heterocycles. The summed E-state index contributed by atoms with van der Waals surface area (Å²) in [6, 6.07) is -0.362. The van der Waals surface area contributed by atoms with Crippen LogP contribution in [0.15, 0.2) is 12.2 Å². The molecule has 0 heterocycles. The Labute approximate surface area is 116 Å². The van der Waals surface area contributed by atoms with Gasteiger partial charge in [-0.05, 0) is 32.6 Å². The molecule has 2 amide bonds. The SMILES string of the molecule is C=C(C)CN(CC)C(=O)C(NC(C)=O)C1CCCC1. The zero-order valence-corrected chi connectivity index (χ0v) is 12.4. The molecule has 0 aromatic rings. The first-order chi connectivity index (χ1) is 8.95.